The molecule has 0 unspecified atom stereocenters. The van der Waals surface area contributed by atoms with Crippen molar-refractivity contribution in [3.8, 4) is 22.9 Å². The van der Waals surface area contributed by atoms with Gasteiger partial charge in [0.15, 0.2) is 17.3 Å². The highest BCUT2D eigenvalue weighted by Crippen LogP contribution is 2.42. The highest BCUT2D eigenvalue weighted by Gasteiger charge is 2.38. The minimum atomic E-state index is -0.392. The van der Waals surface area contributed by atoms with Crippen LogP contribution in [0.4, 0.5) is 0 Å². The van der Waals surface area contributed by atoms with Crippen LogP contribution in [0.25, 0.3) is 11.4 Å². The van der Waals surface area contributed by atoms with E-state index in [1.807, 2.05) is 49.4 Å². The molecule has 1 fully saturated rings. The van der Waals surface area contributed by atoms with Crippen molar-refractivity contribution in [1.82, 2.24) is 20.2 Å². The van der Waals surface area contributed by atoms with Crippen LogP contribution in [0.1, 0.15) is 36.8 Å². The van der Waals surface area contributed by atoms with Gasteiger partial charge in [0.1, 0.15) is 13.2 Å². The van der Waals surface area contributed by atoms with Crippen molar-refractivity contribution >= 4 is 17.7 Å². The molecule has 9 heteroatoms. The number of carbonyl (C=O) groups excluding carboxylic acids is 1. The normalized spacial score (nSPS) is 16.5. The fourth-order valence-corrected chi connectivity index (χ4v) is 5.17. The van der Waals surface area contributed by atoms with Gasteiger partial charge < -0.3 is 20.6 Å². The number of nitrogens with two attached hydrogens (primary N) is 1. The smallest absolute Gasteiger partial charge is 0.231 e. The highest BCUT2D eigenvalue weighted by atomic mass is 32.2. The van der Waals surface area contributed by atoms with E-state index in [9.17, 15) is 4.79 Å². The molecule has 5 rings (SSSR count). The Morgan fingerprint density at radius 3 is 2.58 bits per heavy atom. The zero-order chi connectivity index (χ0) is 22.8. The molecule has 2 aromatic carbocycles. The number of amides is 1. The van der Waals surface area contributed by atoms with Gasteiger partial charge in [-0.15, -0.1) is 10.2 Å². The monoisotopic (exact) mass is 465 g/mol. The van der Waals surface area contributed by atoms with E-state index in [1.54, 1.807) is 0 Å². The molecule has 2 heterocycles. The van der Waals surface area contributed by atoms with Crippen molar-refractivity contribution in [2.45, 2.75) is 43.3 Å². The van der Waals surface area contributed by atoms with Crippen LogP contribution in [-0.4, -0.2) is 39.7 Å². The van der Waals surface area contributed by atoms with Gasteiger partial charge in [-0.05, 0) is 37.5 Å². The minimum Gasteiger partial charge on any atom is -0.486 e. The number of aromatic nitrogens is 3. The van der Waals surface area contributed by atoms with E-state index in [-0.39, 0.29) is 11.7 Å². The van der Waals surface area contributed by atoms with Gasteiger partial charge in [0.05, 0.1) is 11.3 Å². The van der Waals surface area contributed by atoms with Crippen LogP contribution in [0.2, 0.25) is 0 Å². The van der Waals surface area contributed by atoms with Gasteiger partial charge in [-0.3, -0.25) is 4.79 Å². The molecule has 2 aliphatic rings. The first-order valence-electron chi connectivity index (χ1n) is 11.2. The molecule has 1 aliphatic heterocycles. The minimum absolute atomic E-state index is 0.0586. The third-order valence-electron chi connectivity index (χ3n) is 6.24. The van der Waals surface area contributed by atoms with E-state index in [4.69, 9.17) is 15.3 Å². The molecule has 0 bridgehead atoms. The van der Waals surface area contributed by atoms with Crippen molar-refractivity contribution in [2.24, 2.45) is 0 Å². The molecule has 33 heavy (non-hydrogen) atoms. The van der Waals surface area contributed by atoms with Crippen LogP contribution >= 0.6 is 11.8 Å². The molecule has 0 atom stereocenters. The zero-order valence-corrected chi connectivity index (χ0v) is 19.4. The summed E-state index contributed by atoms with van der Waals surface area (Å²) >= 11 is 1.28. The third kappa shape index (κ3) is 4.37. The SMILES string of the molecule is Cc1ccc(-c2nnc(SCC(=O)NC3(c4ccc5c(c4)OCCO5)CCCC3)n2N)cc1. The number of nitrogens with zero attached hydrogens (tertiary/aromatic N) is 3. The standard InChI is InChI=1S/C24H27N5O3S/c1-16-4-6-17(7-5-16)22-27-28-23(29(22)25)33-15-21(30)26-24(10-2-3-11-24)18-8-9-19-20(14-18)32-13-12-31-19/h4-9,14H,2-3,10-13,15,25H2,1H3,(H,26,30). The van der Waals surface area contributed by atoms with Crippen molar-refractivity contribution in [2.75, 3.05) is 24.8 Å². The lowest BCUT2D eigenvalue weighted by Crippen LogP contribution is -2.44. The molecule has 3 aromatic rings. The quantitative estimate of drug-likeness (QED) is 0.425. The molecule has 1 aliphatic carbocycles. The molecular weight excluding hydrogens is 438 g/mol. The lowest BCUT2D eigenvalue weighted by Gasteiger charge is -2.32. The highest BCUT2D eigenvalue weighted by molar-refractivity contribution is 7.99. The number of hydrogen-bond donors (Lipinski definition) is 2. The summed E-state index contributed by atoms with van der Waals surface area (Å²) < 4.78 is 12.9. The molecule has 8 nitrogen and oxygen atoms in total. The number of carbonyl (C=O) groups is 1. The Morgan fingerprint density at radius 1 is 1.09 bits per heavy atom. The molecule has 0 spiro atoms. The fraction of sp³-hybridized carbons (Fsp3) is 0.375. The van der Waals surface area contributed by atoms with Crippen LogP contribution in [0.5, 0.6) is 11.5 Å². The van der Waals surface area contributed by atoms with Gasteiger partial charge in [0, 0.05) is 5.56 Å². The summed E-state index contributed by atoms with van der Waals surface area (Å²) in [6, 6.07) is 13.9. The Morgan fingerprint density at radius 2 is 1.82 bits per heavy atom. The molecule has 1 aromatic heterocycles. The predicted molar refractivity (Wildman–Crippen MR) is 127 cm³/mol. The van der Waals surface area contributed by atoms with Gasteiger partial charge in [-0.1, -0.05) is 60.5 Å². The van der Waals surface area contributed by atoms with Crippen LogP contribution in [0.3, 0.4) is 0 Å². The first-order chi connectivity index (χ1) is 16.0. The number of aryl methyl sites for hydroxylation is 1. The molecule has 1 saturated carbocycles. The first kappa shape index (κ1) is 21.6. The van der Waals surface area contributed by atoms with E-state index in [2.05, 4.69) is 15.5 Å². The summed E-state index contributed by atoms with van der Waals surface area (Å²) in [5.41, 5.74) is 2.71. The number of nitrogens with one attached hydrogen (secondary N) is 1. The predicted octanol–water partition coefficient (Wildman–Crippen LogP) is 3.42. The van der Waals surface area contributed by atoms with Crippen molar-refractivity contribution in [3.63, 3.8) is 0 Å². The lowest BCUT2D eigenvalue weighted by molar-refractivity contribution is -0.120. The first-order valence-corrected chi connectivity index (χ1v) is 12.1. The summed E-state index contributed by atoms with van der Waals surface area (Å²) in [4.78, 5) is 13.0. The van der Waals surface area contributed by atoms with E-state index in [0.29, 0.717) is 24.2 Å². The molecule has 0 saturated heterocycles. The van der Waals surface area contributed by atoms with Crippen molar-refractivity contribution in [1.29, 1.82) is 0 Å². The Balaban J connectivity index is 1.28. The van der Waals surface area contributed by atoms with Crippen LogP contribution < -0.4 is 20.6 Å². The Hall–Kier alpha value is -3.20. The van der Waals surface area contributed by atoms with Gasteiger partial charge in [-0.25, -0.2) is 4.68 Å². The second-order valence-electron chi connectivity index (χ2n) is 8.53. The summed E-state index contributed by atoms with van der Waals surface area (Å²) in [6.07, 6.45) is 3.93. The van der Waals surface area contributed by atoms with Gasteiger partial charge in [-0.2, -0.15) is 0 Å². The molecule has 3 N–H and O–H groups in total. The summed E-state index contributed by atoms with van der Waals surface area (Å²) in [7, 11) is 0. The third-order valence-corrected chi connectivity index (χ3v) is 7.18. The number of ether oxygens (including phenoxy) is 2. The van der Waals surface area contributed by atoms with E-state index in [1.165, 1.54) is 16.4 Å². The van der Waals surface area contributed by atoms with Gasteiger partial charge >= 0.3 is 0 Å². The summed E-state index contributed by atoms with van der Waals surface area (Å²) in [5.74, 6) is 8.43. The maximum Gasteiger partial charge on any atom is 0.231 e. The second-order valence-corrected chi connectivity index (χ2v) is 9.47. The summed E-state index contributed by atoms with van der Waals surface area (Å²) in [5, 5.41) is 12.2. The number of nitrogen functional groups attached to an aromatic ring is 1. The maximum atomic E-state index is 13.0. The zero-order valence-electron chi connectivity index (χ0n) is 18.5. The number of fused-ring (bicyclic) bond motifs is 1. The van der Waals surface area contributed by atoms with E-state index in [0.717, 1.165) is 53.9 Å². The summed E-state index contributed by atoms with van der Waals surface area (Å²) in [6.45, 7) is 3.12. The maximum absolute atomic E-state index is 13.0. The Labute approximate surface area is 196 Å². The van der Waals surface area contributed by atoms with Gasteiger partial charge in [0.2, 0.25) is 11.1 Å². The van der Waals surface area contributed by atoms with E-state index >= 15 is 0 Å². The molecule has 0 radical (unpaired) electrons. The second kappa shape index (κ2) is 8.97. The number of thioether (sulfide) groups is 1. The Bertz CT molecular complexity index is 1160. The molecular formula is C24H27N5O3S. The lowest BCUT2D eigenvalue weighted by atomic mass is 9.87. The van der Waals surface area contributed by atoms with Crippen molar-refractivity contribution in [3.05, 3.63) is 53.6 Å². The van der Waals surface area contributed by atoms with Crippen molar-refractivity contribution < 1.29 is 14.3 Å². The average Bonchev–Trinajstić information content (AvgIpc) is 3.45. The average molecular weight is 466 g/mol. The number of rotatable bonds is 6. The van der Waals surface area contributed by atoms with Gasteiger partial charge in [0.25, 0.3) is 0 Å². The largest absolute Gasteiger partial charge is 0.486 e. The molecule has 1 amide bonds. The molecule has 172 valence electrons. The number of hydrogen-bond acceptors (Lipinski definition) is 7. The van der Waals surface area contributed by atoms with Crippen LogP contribution in [0, 0.1) is 6.92 Å². The van der Waals surface area contributed by atoms with Crippen LogP contribution in [-0.2, 0) is 10.3 Å². The van der Waals surface area contributed by atoms with Crippen LogP contribution in [0.15, 0.2) is 47.6 Å². The number of benzene rings is 2. The fourth-order valence-electron chi connectivity index (χ4n) is 4.51. The topological polar surface area (TPSA) is 104 Å². The Kier molecular flexibility index (Phi) is 5.88. The van der Waals surface area contributed by atoms with E-state index < -0.39 is 5.54 Å².